The summed E-state index contributed by atoms with van der Waals surface area (Å²) in [5, 5.41) is 12.6. The monoisotopic (exact) mass is 346 g/mol. The van der Waals surface area contributed by atoms with Crippen molar-refractivity contribution in [1.29, 1.82) is 0 Å². The van der Waals surface area contributed by atoms with E-state index >= 15 is 0 Å². The van der Waals surface area contributed by atoms with E-state index in [-0.39, 0.29) is 24.9 Å². The van der Waals surface area contributed by atoms with Crippen LogP contribution in [0.4, 0.5) is 0 Å². The van der Waals surface area contributed by atoms with Crippen LogP contribution in [0.2, 0.25) is 0 Å². The smallest absolute Gasteiger partial charge is 0.256 e. The predicted octanol–water partition coefficient (Wildman–Crippen LogP) is 1.41. The number of hydrogen-bond donors (Lipinski definition) is 2. The second-order valence-electron chi connectivity index (χ2n) is 5.29. The first-order valence-corrected chi connectivity index (χ1v) is 7.80. The van der Waals surface area contributed by atoms with Crippen LogP contribution in [0.3, 0.4) is 0 Å². The zero-order chi connectivity index (χ0) is 18.1. The van der Waals surface area contributed by atoms with Gasteiger partial charge in [-0.2, -0.15) is 0 Å². The van der Waals surface area contributed by atoms with Gasteiger partial charge >= 0.3 is 0 Å². The number of aliphatic hydroxyl groups is 1. The number of rotatable bonds is 9. The molecule has 1 unspecified atom stereocenters. The van der Waals surface area contributed by atoms with Gasteiger partial charge < -0.3 is 24.6 Å². The van der Waals surface area contributed by atoms with Crippen molar-refractivity contribution in [3.8, 4) is 11.6 Å². The van der Waals surface area contributed by atoms with E-state index in [1.54, 1.807) is 19.2 Å². The number of carbonyl (C=O) groups excluding carboxylic acids is 1. The van der Waals surface area contributed by atoms with Crippen molar-refractivity contribution >= 4 is 5.91 Å². The second-order valence-corrected chi connectivity index (χ2v) is 5.29. The van der Waals surface area contributed by atoms with E-state index in [4.69, 9.17) is 14.2 Å². The van der Waals surface area contributed by atoms with Gasteiger partial charge in [0.15, 0.2) is 0 Å². The number of amides is 1. The molecule has 0 fully saturated rings. The molecule has 2 rings (SSSR count). The first-order valence-electron chi connectivity index (χ1n) is 7.80. The summed E-state index contributed by atoms with van der Waals surface area (Å²) in [6, 6.07) is 10.7. The Morgan fingerprint density at radius 2 is 1.96 bits per heavy atom. The SMILES string of the molecule is COc1ccc(COCC(O)CNC(=O)c2cccnc2OC)cc1. The zero-order valence-electron chi connectivity index (χ0n) is 14.3. The van der Waals surface area contributed by atoms with Gasteiger partial charge in [0, 0.05) is 12.7 Å². The topological polar surface area (TPSA) is 89.9 Å². The van der Waals surface area contributed by atoms with Gasteiger partial charge in [-0.1, -0.05) is 12.1 Å². The van der Waals surface area contributed by atoms with Crippen molar-refractivity contribution < 1.29 is 24.1 Å². The molecule has 1 heterocycles. The van der Waals surface area contributed by atoms with Crippen molar-refractivity contribution in [3.05, 3.63) is 53.7 Å². The highest BCUT2D eigenvalue weighted by atomic mass is 16.5. The van der Waals surface area contributed by atoms with E-state index < -0.39 is 6.10 Å². The minimum Gasteiger partial charge on any atom is -0.497 e. The van der Waals surface area contributed by atoms with Gasteiger partial charge in [-0.15, -0.1) is 0 Å². The number of methoxy groups -OCH3 is 2. The summed E-state index contributed by atoms with van der Waals surface area (Å²) in [5.74, 6) is 0.654. The van der Waals surface area contributed by atoms with Gasteiger partial charge in [0.2, 0.25) is 5.88 Å². The maximum Gasteiger partial charge on any atom is 0.256 e. The Kier molecular flexibility index (Phi) is 7.18. The molecule has 0 aliphatic heterocycles. The summed E-state index contributed by atoms with van der Waals surface area (Å²) in [6.07, 6.45) is 0.724. The molecular formula is C18H22N2O5. The fraction of sp³-hybridized carbons (Fsp3) is 0.333. The Morgan fingerprint density at radius 1 is 1.20 bits per heavy atom. The molecule has 2 aromatic rings. The summed E-state index contributed by atoms with van der Waals surface area (Å²) < 4.78 is 15.6. The molecule has 7 nitrogen and oxygen atoms in total. The molecule has 1 atom stereocenters. The lowest BCUT2D eigenvalue weighted by Gasteiger charge is -2.13. The maximum absolute atomic E-state index is 12.1. The molecule has 0 aliphatic carbocycles. The molecule has 25 heavy (non-hydrogen) atoms. The number of nitrogens with one attached hydrogen (secondary N) is 1. The number of aliphatic hydroxyl groups excluding tert-OH is 1. The highest BCUT2D eigenvalue weighted by Crippen LogP contribution is 2.13. The molecular weight excluding hydrogens is 324 g/mol. The van der Waals surface area contributed by atoms with Crippen LogP contribution < -0.4 is 14.8 Å². The average molecular weight is 346 g/mol. The molecule has 0 radical (unpaired) electrons. The molecule has 134 valence electrons. The number of carbonyl (C=O) groups is 1. The molecule has 0 saturated heterocycles. The largest absolute Gasteiger partial charge is 0.497 e. The minimum atomic E-state index is -0.815. The molecule has 0 spiro atoms. The van der Waals surface area contributed by atoms with E-state index in [0.717, 1.165) is 11.3 Å². The Balaban J connectivity index is 1.72. The van der Waals surface area contributed by atoms with Gasteiger partial charge in [-0.05, 0) is 29.8 Å². The van der Waals surface area contributed by atoms with Crippen molar-refractivity contribution in [2.24, 2.45) is 0 Å². The van der Waals surface area contributed by atoms with Crippen LogP contribution in [0, 0.1) is 0 Å². The lowest BCUT2D eigenvalue weighted by atomic mass is 10.2. The van der Waals surface area contributed by atoms with E-state index in [9.17, 15) is 9.90 Å². The Hall–Kier alpha value is -2.64. The Morgan fingerprint density at radius 3 is 2.64 bits per heavy atom. The standard InChI is InChI=1S/C18H22N2O5/c1-23-15-7-5-13(6-8-15)11-25-12-14(21)10-20-17(22)16-4-3-9-19-18(16)24-2/h3-9,14,21H,10-12H2,1-2H3,(H,20,22). The lowest BCUT2D eigenvalue weighted by Crippen LogP contribution is -2.34. The van der Waals surface area contributed by atoms with Crippen LogP contribution in [0.15, 0.2) is 42.6 Å². The van der Waals surface area contributed by atoms with E-state index in [2.05, 4.69) is 10.3 Å². The highest BCUT2D eigenvalue weighted by molar-refractivity contribution is 5.96. The van der Waals surface area contributed by atoms with Crippen LogP contribution in [-0.2, 0) is 11.3 Å². The fourth-order valence-electron chi connectivity index (χ4n) is 2.13. The van der Waals surface area contributed by atoms with E-state index in [0.29, 0.717) is 12.2 Å². The zero-order valence-corrected chi connectivity index (χ0v) is 14.3. The number of hydrogen-bond acceptors (Lipinski definition) is 6. The number of benzene rings is 1. The van der Waals surface area contributed by atoms with Crippen LogP contribution in [-0.4, -0.2) is 49.5 Å². The predicted molar refractivity (Wildman–Crippen MR) is 91.8 cm³/mol. The molecule has 1 amide bonds. The summed E-state index contributed by atoms with van der Waals surface area (Å²) in [7, 11) is 3.05. The molecule has 1 aromatic carbocycles. The molecule has 2 N–H and O–H groups in total. The number of ether oxygens (including phenoxy) is 3. The maximum atomic E-state index is 12.1. The van der Waals surface area contributed by atoms with Crippen LogP contribution >= 0.6 is 0 Å². The highest BCUT2D eigenvalue weighted by Gasteiger charge is 2.14. The third kappa shape index (κ3) is 5.74. The Labute approximate surface area is 146 Å². The van der Waals surface area contributed by atoms with Crippen LogP contribution in [0.25, 0.3) is 0 Å². The van der Waals surface area contributed by atoms with Gasteiger partial charge in [-0.25, -0.2) is 4.98 Å². The average Bonchev–Trinajstić information content (AvgIpc) is 2.66. The minimum absolute atomic E-state index is 0.0689. The van der Waals surface area contributed by atoms with Gasteiger partial charge in [0.05, 0.1) is 33.5 Å². The van der Waals surface area contributed by atoms with Gasteiger partial charge in [-0.3, -0.25) is 4.79 Å². The molecule has 7 heteroatoms. The fourth-order valence-corrected chi connectivity index (χ4v) is 2.13. The first-order chi connectivity index (χ1) is 12.1. The van der Waals surface area contributed by atoms with Crippen molar-refractivity contribution in [2.45, 2.75) is 12.7 Å². The molecule has 1 aromatic heterocycles. The summed E-state index contributed by atoms with van der Waals surface area (Å²) in [4.78, 5) is 16.1. The summed E-state index contributed by atoms with van der Waals surface area (Å²) >= 11 is 0. The van der Waals surface area contributed by atoms with Gasteiger partial charge in [0.1, 0.15) is 11.3 Å². The third-order valence-electron chi connectivity index (χ3n) is 3.45. The Bertz CT molecular complexity index is 675. The normalized spacial score (nSPS) is 11.6. The quantitative estimate of drug-likeness (QED) is 0.713. The van der Waals surface area contributed by atoms with Crippen molar-refractivity contribution in [1.82, 2.24) is 10.3 Å². The number of pyridine rings is 1. The second kappa shape index (κ2) is 9.61. The van der Waals surface area contributed by atoms with Crippen molar-refractivity contribution in [2.75, 3.05) is 27.4 Å². The first kappa shape index (κ1) is 18.7. The van der Waals surface area contributed by atoms with Crippen LogP contribution in [0.1, 0.15) is 15.9 Å². The number of aromatic nitrogens is 1. The molecule has 0 bridgehead atoms. The number of nitrogens with zero attached hydrogens (tertiary/aromatic N) is 1. The molecule has 0 saturated carbocycles. The third-order valence-corrected chi connectivity index (χ3v) is 3.45. The lowest BCUT2D eigenvalue weighted by molar-refractivity contribution is 0.0285. The van der Waals surface area contributed by atoms with E-state index in [1.165, 1.54) is 13.3 Å². The van der Waals surface area contributed by atoms with Crippen molar-refractivity contribution in [3.63, 3.8) is 0 Å². The summed E-state index contributed by atoms with van der Waals surface area (Å²) in [6.45, 7) is 0.543. The molecule has 0 aliphatic rings. The van der Waals surface area contributed by atoms with Crippen LogP contribution in [0.5, 0.6) is 11.6 Å². The summed E-state index contributed by atoms with van der Waals surface area (Å²) in [5.41, 5.74) is 1.29. The van der Waals surface area contributed by atoms with Gasteiger partial charge in [0.25, 0.3) is 5.91 Å². The van der Waals surface area contributed by atoms with E-state index in [1.807, 2.05) is 24.3 Å².